The molecular weight excluding hydrogens is 261 g/mol. The lowest BCUT2D eigenvalue weighted by atomic mass is 10.2. The molecule has 1 aromatic carbocycles. The number of hydrogen-bond acceptors (Lipinski definition) is 2. The average molecular weight is 280 g/mol. The first kappa shape index (κ1) is 14.5. The van der Waals surface area contributed by atoms with Crippen molar-refractivity contribution in [1.29, 1.82) is 0 Å². The van der Waals surface area contributed by atoms with Crippen LogP contribution in [0.1, 0.15) is 12.5 Å². The van der Waals surface area contributed by atoms with Crippen molar-refractivity contribution in [3.05, 3.63) is 35.6 Å². The van der Waals surface area contributed by atoms with E-state index < -0.39 is 0 Å². The Kier molecular flexibility index (Phi) is 4.34. The molecule has 20 heavy (non-hydrogen) atoms. The van der Waals surface area contributed by atoms with Crippen LogP contribution in [0.4, 0.5) is 9.18 Å². The Morgan fingerprint density at radius 2 is 2.10 bits per heavy atom. The Bertz CT molecular complexity index is 504. The second kappa shape index (κ2) is 6.00. The topological polar surface area (TPSA) is 53.9 Å². The number of urea groups is 1. The van der Waals surface area contributed by atoms with E-state index in [4.69, 9.17) is 0 Å². The molecule has 2 rings (SSSR count). The number of likely N-dealkylation sites (N-methyl/N-ethyl adjacent to an activating group) is 1. The molecule has 1 aliphatic rings. The number of quaternary nitrogens is 1. The van der Waals surface area contributed by atoms with Gasteiger partial charge in [0.1, 0.15) is 12.4 Å². The fourth-order valence-corrected chi connectivity index (χ4v) is 2.20. The van der Waals surface area contributed by atoms with Crippen LogP contribution >= 0.6 is 0 Å². The predicted molar refractivity (Wildman–Crippen MR) is 71.6 cm³/mol. The predicted octanol–water partition coefficient (Wildman–Crippen LogP) is -0.219. The Morgan fingerprint density at radius 3 is 2.65 bits per heavy atom. The number of carbonyl (C=O) groups is 2. The quantitative estimate of drug-likeness (QED) is 0.801. The first-order valence-corrected chi connectivity index (χ1v) is 6.65. The third-order valence-electron chi connectivity index (χ3n) is 3.63. The number of benzene rings is 1. The number of halogens is 1. The molecule has 1 aliphatic heterocycles. The molecule has 0 bridgehead atoms. The molecule has 1 saturated heterocycles. The number of rotatable bonds is 4. The van der Waals surface area contributed by atoms with E-state index in [2.05, 4.69) is 5.32 Å². The maximum absolute atomic E-state index is 12.8. The largest absolute Gasteiger partial charge is 0.336 e. The van der Waals surface area contributed by atoms with Gasteiger partial charge in [0.15, 0.2) is 6.04 Å². The minimum Gasteiger partial charge on any atom is -0.336 e. The molecule has 5 nitrogen and oxygen atoms in total. The molecule has 108 valence electrons. The molecule has 3 amide bonds. The summed E-state index contributed by atoms with van der Waals surface area (Å²) < 4.78 is 12.8. The molecule has 2 atom stereocenters. The highest BCUT2D eigenvalue weighted by Crippen LogP contribution is 2.02. The monoisotopic (exact) mass is 280 g/mol. The van der Waals surface area contributed by atoms with Crippen LogP contribution in [0.3, 0.4) is 0 Å². The van der Waals surface area contributed by atoms with Crippen molar-refractivity contribution in [3.63, 3.8) is 0 Å². The zero-order valence-electron chi connectivity index (χ0n) is 11.6. The molecule has 0 aliphatic carbocycles. The average Bonchev–Trinajstić information content (AvgIpc) is 2.86. The van der Waals surface area contributed by atoms with E-state index >= 15 is 0 Å². The van der Waals surface area contributed by atoms with Crippen LogP contribution in [0.15, 0.2) is 24.3 Å². The Morgan fingerprint density at radius 1 is 1.45 bits per heavy atom. The van der Waals surface area contributed by atoms with Gasteiger partial charge in [0.25, 0.3) is 5.91 Å². The normalized spacial score (nSPS) is 17.8. The fourth-order valence-electron chi connectivity index (χ4n) is 2.20. The van der Waals surface area contributed by atoms with Crippen molar-refractivity contribution in [2.24, 2.45) is 0 Å². The van der Waals surface area contributed by atoms with Gasteiger partial charge in [0.2, 0.25) is 0 Å². The molecule has 1 heterocycles. The summed E-state index contributed by atoms with van der Waals surface area (Å²) in [6.45, 7) is 3.33. The molecule has 0 saturated carbocycles. The summed E-state index contributed by atoms with van der Waals surface area (Å²) in [5, 5.41) is 2.62. The van der Waals surface area contributed by atoms with Gasteiger partial charge < -0.3 is 10.2 Å². The summed E-state index contributed by atoms with van der Waals surface area (Å²) >= 11 is 0. The summed E-state index contributed by atoms with van der Waals surface area (Å²) in [4.78, 5) is 25.9. The number of nitrogens with one attached hydrogen (secondary N) is 2. The van der Waals surface area contributed by atoms with Crippen molar-refractivity contribution < 1.29 is 18.9 Å². The molecule has 1 aromatic rings. The van der Waals surface area contributed by atoms with Gasteiger partial charge in [0.05, 0.1) is 7.05 Å². The van der Waals surface area contributed by atoms with Crippen LogP contribution in [0.5, 0.6) is 0 Å². The van der Waals surface area contributed by atoms with E-state index in [9.17, 15) is 14.0 Å². The van der Waals surface area contributed by atoms with Crippen molar-refractivity contribution in [3.8, 4) is 0 Å². The first-order valence-electron chi connectivity index (χ1n) is 6.65. The highest BCUT2D eigenvalue weighted by molar-refractivity contribution is 5.97. The Labute approximate surface area is 117 Å². The standard InChI is InChI=1S/C14H18FN3O2/c1-10(13(19)18-8-7-16-14(18)20)17(2)9-11-3-5-12(15)6-4-11/h3-6,10H,7-9H2,1-2H3,(H,16,20)/p+1/t10-/m0/s1. The summed E-state index contributed by atoms with van der Waals surface area (Å²) in [6, 6.07) is 5.57. The lowest BCUT2D eigenvalue weighted by Crippen LogP contribution is -3.12. The zero-order valence-corrected chi connectivity index (χ0v) is 11.6. The van der Waals surface area contributed by atoms with Crippen molar-refractivity contribution in [2.45, 2.75) is 19.5 Å². The maximum Gasteiger partial charge on any atom is 0.324 e. The molecule has 0 spiro atoms. The fraction of sp³-hybridized carbons (Fsp3) is 0.429. The minimum absolute atomic E-state index is 0.181. The number of hydrogen-bond donors (Lipinski definition) is 2. The minimum atomic E-state index is -0.330. The smallest absolute Gasteiger partial charge is 0.324 e. The second-order valence-electron chi connectivity index (χ2n) is 5.09. The van der Waals surface area contributed by atoms with Crippen molar-refractivity contribution in [2.75, 3.05) is 20.1 Å². The number of amides is 3. The Hall–Kier alpha value is -1.95. The van der Waals surface area contributed by atoms with E-state index in [1.807, 2.05) is 7.05 Å². The van der Waals surface area contributed by atoms with E-state index in [-0.39, 0.29) is 23.8 Å². The lowest BCUT2D eigenvalue weighted by Gasteiger charge is -2.23. The van der Waals surface area contributed by atoms with Crippen molar-refractivity contribution in [1.82, 2.24) is 10.2 Å². The first-order chi connectivity index (χ1) is 9.49. The molecule has 0 aromatic heterocycles. The van der Waals surface area contributed by atoms with Crippen molar-refractivity contribution >= 4 is 11.9 Å². The summed E-state index contributed by atoms with van der Waals surface area (Å²) in [6.07, 6.45) is 0. The number of nitrogens with zero attached hydrogens (tertiary/aromatic N) is 1. The van der Waals surface area contributed by atoms with Gasteiger partial charge in [-0.05, 0) is 19.1 Å². The third-order valence-corrected chi connectivity index (χ3v) is 3.63. The number of imide groups is 1. The van der Waals surface area contributed by atoms with E-state index in [1.165, 1.54) is 17.0 Å². The molecule has 0 radical (unpaired) electrons. The highest BCUT2D eigenvalue weighted by atomic mass is 19.1. The van der Waals surface area contributed by atoms with Crippen LogP contribution < -0.4 is 10.2 Å². The summed E-state index contributed by atoms with van der Waals surface area (Å²) in [7, 11) is 1.89. The summed E-state index contributed by atoms with van der Waals surface area (Å²) in [5.41, 5.74) is 0.953. The molecule has 1 fully saturated rings. The summed E-state index contributed by atoms with van der Waals surface area (Å²) in [5.74, 6) is -0.455. The zero-order chi connectivity index (χ0) is 14.7. The van der Waals surface area contributed by atoms with Crippen LogP contribution in [0.25, 0.3) is 0 Å². The Balaban J connectivity index is 1.97. The van der Waals surface area contributed by atoms with E-state index in [0.29, 0.717) is 19.6 Å². The van der Waals surface area contributed by atoms with Crippen LogP contribution in [0, 0.1) is 5.82 Å². The van der Waals surface area contributed by atoms with E-state index in [0.717, 1.165) is 10.5 Å². The van der Waals surface area contributed by atoms with Crippen LogP contribution in [-0.2, 0) is 11.3 Å². The number of carbonyl (C=O) groups excluding carboxylic acids is 2. The SMILES string of the molecule is C[C@@H](C(=O)N1CCNC1=O)[NH+](C)Cc1ccc(F)cc1. The van der Waals surface area contributed by atoms with E-state index in [1.54, 1.807) is 19.1 Å². The molecule has 2 N–H and O–H groups in total. The molecular formula is C14H19FN3O2+. The highest BCUT2D eigenvalue weighted by Gasteiger charge is 2.33. The third kappa shape index (κ3) is 3.14. The van der Waals surface area contributed by atoms with Gasteiger partial charge in [-0.15, -0.1) is 0 Å². The lowest BCUT2D eigenvalue weighted by molar-refractivity contribution is -0.908. The van der Waals surface area contributed by atoms with Gasteiger partial charge in [-0.25, -0.2) is 9.18 Å². The second-order valence-corrected chi connectivity index (χ2v) is 5.09. The van der Waals surface area contributed by atoms with Gasteiger partial charge in [-0.2, -0.15) is 0 Å². The van der Waals surface area contributed by atoms with Gasteiger partial charge in [-0.3, -0.25) is 9.69 Å². The molecule has 1 unspecified atom stereocenters. The molecule has 6 heteroatoms. The van der Waals surface area contributed by atoms with Gasteiger partial charge >= 0.3 is 6.03 Å². The maximum atomic E-state index is 12.8. The van der Waals surface area contributed by atoms with Crippen LogP contribution in [0.2, 0.25) is 0 Å². The van der Waals surface area contributed by atoms with Gasteiger partial charge in [0, 0.05) is 18.7 Å². The van der Waals surface area contributed by atoms with Crippen LogP contribution in [-0.4, -0.2) is 43.0 Å². The van der Waals surface area contributed by atoms with Gasteiger partial charge in [-0.1, -0.05) is 12.1 Å².